The molecule has 0 spiro atoms. The highest BCUT2D eigenvalue weighted by molar-refractivity contribution is 8.04. The Kier molecular flexibility index (Phi) is 5.64. The summed E-state index contributed by atoms with van der Waals surface area (Å²) in [4.78, 5) is 31.9. The largest absolute Gasteiger partial charge is 0.508 e. The summed E-state index contributed by atoms with van der Waals surface area (Å²) in [6.45, 7) is -1.10. The molecule has 178 valence electrons. The molecule has 0 aliphatic heterocycles. The summed E-state index contributed by atoms with van der Waals surface area (Å²) in [5, 5.41) is 12.1. The molecule has 0 radical (unpaired) electrons. The van der Waals surface area contributed by atoms with Gasteiger partial charge in [-0.3, -0.25) is 13.9 Å². The van der Waals surface area contributed by atoms with Gasteiger partial charge in [-0.15, -0.1) is 0 Å². The summed E-state index contributed by atoms with van der Waals surface area (Å²) < 4.78 is 65.2. The van der Waals surface area contributed by atoms with Crippen molar-refractivity contribution < 1.29 is 40.3 Å². The molecule has 5 N–H and O–H groups in total. The zero-order valence-corrected chi connectivity index (χ0v) is 18.4. The lowest BCUT2D eigenvalue weighted by Gasteiger charge is -2.11. The Hall–Kier alpha value is -3.79. The highest BCUT2D eigenvalue weighted by Crippen LogP contribution is 2.24. The number of amides is 1. The number of aromatic hydroxyl groups is 1. The molecule has 0 atom stereocenters. The number of H-pyrrole nitrogens is 1. The first kappa shape index (κ1) is 23.4. The van der Waals surface area contributed by atoms with Crippen LogP contribution >= 0.6 is 0 Å². The minimum absolute atomic E-state index is 0.0341. The van der Waals surface area contributed by atoms with Gasteiger partial charge < -0.3 is 19.8 Å². The summed E-state index contributed by atoms with van der Waals surface area (Å²) in [5.74, 6) is -0.841. The van der Waals surface area contributed by atoms with Crippen LogP contribution in [0.5, 0.6) is 5.75 Å². The number of benzene rings is 2. The van der Waals surface area contributed by atoms with Crippen molar-refractivity contribution in [2.24, 2.45) is 0 Å². The second kappa shape index (κ2) is 8.21. The second-order valence-corrected chi connectivity index (χ2v) is 10.7. The summed E-state index contributed by atoms with van der Waals surface area (Å²) in [6, 6.07) is 9.82. The van der Waals surface area contributed by atoms with Gasteiger partial charge in [0, 0.05) is 17.0 Å². The highest BCUT2D eigenvalue weighted by atomic mass is 32.3. The van der Waals surface area contributed by atoms with E-state index in [4.69, 9.17) is 13.5 Å². The lowest BCUT2D eigenvalue weighted by atomic mass is 10.2. The third-order valence-corrected chi connectivity index (χ3v) is 7.93. The van der Waals surface area contributed by atoms with Crippen LogP contribution in [0.3, 0.4) is 0 Å². The Morgan fingerprint density at radius 2 is 1.76 bits per heavy atom. The average molecular weight is 509 g/mol. The minimum atomic E-state index is -5.21. The zero-order chi connectivity index (χ0) is 24.8. The number of nitrogens with one attached hydrogen (secondary N) is 2. The summed E-state index contributed by atoms with van der Waals surface area (Å²) >= 11 is 0. The molecular formula is C19H15N3O10S2. The lowest BCUT2D eigenvalue weighted by Crippen LogP contribution is -2.41. The van der Waals surface area contributed by atoms with Crippen molar-refractivity contribution >= 4 is 48.1 Å². The molecule has 15 heteroatoms. The average Bonchev–Trinajstić information content (AvgIpc) is 3.14. The van der Waals surface area contributed by atoms with E-state index in [1.54, 1.807) is 6.07 Å². The molecule has 1 amide bonds. The van der Waals surface area contributed by atoms with Crippen LogP contribution < -0.4 is 10.9 Å². The number of aromatic amines is 1. The van der Waals surface area contributed by atoms with Gasteiger partial charge in [0.1, 0.15) is 22.7 Å². The van der Waals surface area contributed by atoms with E-state index in [2.05, 4.69) is 9.97 Å². The van der Waals surface area contributed by atoms with E-state index in [-0.39, 0.29) is 28.3 Å². The number of phenolic OH excluding ortho intramolecular Hbond substituents is 1. The molecule has 0 unspecified atom stereocenters. The molecule has 0 aliphatic carbocycles. The molecule has 13 nitrogen and oxygen atoms in total. The summed E-state index contributed by atoms with van der Waals surface area (Å²) in [5.41, 5.74) is 0.186. The predicted octanol–water partition coefficient (Wildman–Crippen LogP) is 0.873. The molecule has 4 aromatic rings. The summed E-state index contributed by atoms with van der Waals surface area (Å²) in [6.07, 6.45) is 0. The van der Waals surface area contributed by atoms with Crippen LogP contribution in [0, 0.1) is 0 Å². The van der Waals surface area contributed by atoms with Crippen molar-refractivity contribution in [3.63, 3.8) is 0 Å². The van der Waals surface area contributed by atoms with Crippen molar-refractivity contribution in [1.29, 1.82) is 0 Å². The Balaban J connectivity index is 1.63. The van der Waals surface area contributed by atoms with Crippen molar-refractivity contribution in [1.82, 2.24) is 15.3 Å². The summed E-state index contributed by atoms with van der Waals surface area (Å²) in [7, 11) is -10.4. The topological polar surface area (TPSA) is 217 Å². The molecular weight excluding hydrogens is 494 g/mol. The van der Waals surface area contributed by atoms with Gasteiger partial charge in [-0.05, 0) is 36.4 Å². The van der Waals surface area contributed by atoms with E-state index >= 15 is 0 Å². The SMILES string of the molecule is O=C(NCC(S(=O)(=O)O)S(=O)(=O)O)c1ccc2nc(-c3cc4ccc(O)cc4oc3=O)[nH]c2c1. The molecule has 2 aromatic heterocycles. The van der Waals surface area contributed by atoms with Gasteiger partial charge in [-0.25, -0.2) is 9.78 Å². The van der Waals surface area contributed by atoms with Gasteiger partial charge in [0.15, 0.2) is 0 Å². The van der Waals surface area contributed by atoms with Crippen molar-refractivity contribution in [3.8, 4) is 17.1 Å². The smallest absolute Gasteiger partial charge is 0.347 e. The lowest BCUT2D eigenvalue weighted by molar-refractivity contribution is 0.0955. The maximum Gasteiger partial charge on any atom is 0.347 e. The first-order valence-electron chi connectivity index (χ1n) is 9.31. The number of hydrogen-bond donors (Lipinski definition) is 5. The van der Waals surface area contributed by atoms with Crippen molar-refractivity contribution in [3.05, 3.63) is 58.4 Å². The Labute approximate surface area is 190 Å². The van der Waals surface area contributed by atoms with Crippen LogP contribution in [0.2, 0.25) is 0 Å². The molecule has 0 saturated heterocycles. The normalized spacial score (nSPS) is 12.4. The Bertz CT molecular complexity index is 1690. The van der Waals surface area contributed by atoms with E-state index in [0.29, 0.717) is 16.4 Å². The Morgan fingerprint density at radius 1 is 1.06 bits per heavy atom. The number of rotatable bonds is 6. The molecule has 34 heavy (non-hydrogen) atoms. The molecule has 0 fully saturated rings. The van der Waals surface area contributed by atoms with E-state index < -0.39 is 42.9 Å². The standard InChI is InChI=1S/C19H15N3O10S2/c23-11-3-1-9-5-12(19(25)32-15(9)7-11)17-21-13-4-2-10(6-14(13)22-17)18(24)20-8-16(33(26,27)28)34(29,30)31/h1-7,16,23H,8H2,(H,20,24)(H,21,22)(H,26,27,28)(H,29,30,31). The van der Waals surface area contributed by atoms with Crippen LogP contribution in [0.4, 0.5) is 0 Å². The zero-order valence-electron chi connectivity index (χ0n) is 16.8. The van der Waals surface area contributed by atoms with Crippen molar-refractivity contribution in [2.45, 2.75) is 4.58 Å². The predicted molar refractivity (Wildman–Crippen MR) is 118 cm³/mol. The van der Waals surface area contributed by atoms with Crippen LogP contribution in [0.15, 0.2) is 51.7 Å². The van der Waals surface area contributed by atoms with Crippen LogP contribution in [-0.2, 0) is 20.2 Å². The van der Waals surface area contributed by atoms with Gasteiger partial charge in [-0.2, -0.15) is 16.8 Å². The first-order valence-corrected chi connectivity index (χ1v) is 12.3. The fraction of sp³-hybridized carbons (Fsp3) is 0.105. The van der Waals surface area contributed by atoms with Gasteiger partial charge >= 0.3 is 5.63 Å². The number of carbonyl (C=O) groups is 1. The van der Waals surface area contributed by atoms with Crippen LogP contribution in [-0.4, -0.2) is 58.0 Å². The third-order valence-electron chi connectivity index (χ3n) is 4.81. The highest BCUT2D eigenvalue weighted by Gasteiger charge is 2.35. The number of aromatic nitrogens is 2. The van der Waals surface area contributed by atoms with E-state index in [1.807, 2.05) is 5.32 Å². The molecule has 0 saturated carbocycles. The molecule has 2 heterocycles. The molecule has 2 aromatic carbocycles. The number of fused-ring (bicyclic) bond motifs is 2. The van der Waals surface area contributed by atoms with E-state index in [9.17, 15) is 31.5 Å². The van der Waals surface area contributed by atoms with E-state index in [0.717, 1.165) is 0 Å². The van der Waals surface area contributed by atoms with Gasteiger partial charge in [0.05, 0.1) is 17.6 Å². The number of nitrogens with zero attached hydrogens (tertiary/aromatic N) is 1. The van der Waals surface area contributed by atoms with Gasteiger partial charge in [0.25, 0.3) is 26.1 Å². The number of phenols is 1. The van der Waals surface area contributed by atoms with E-state index in [1.165, 1.54) is 36.4 Å². The maximum atomic E-state index is 12.4. The van der Waals surface area contributed by atoms with Gasteiger partial charge in [-0.1, -0.05) is 0 Å². The minimum Gasteiger partial charge on any atom is -0.508 e. The maximum absolute atomic E-state index is 12.4. The number of carbonyl (C=O) groups excluding carboxylic acids is 1. The fourth-order valence-electron chi connectivity index (χ4n) is 3.19. The number of hydrogen-bond acceptors (Lipinski definition) is 9. The fourth-order valence-corrected chi connectivity index (χ4v) is 5.00. The second-order valence-electron chi connectivity index (χ2n) is 7.16. The van der Waals surface area contributed by atoms with Crippen LogP contribution in [0.25, 0.3) is 33.4 Å². The quantitative estimate of drug-likeness (QED) is 0.181. The molecule has 4 rings (SSSR count). The van der Waals surface area contributed by atoms with Crippen LogP contribution in [0.1, 0.15) is 10.4 Å². The molecule has 0 aliphatic rings. The van der Waals surface area contributed by atoms with Crippen molar-refractivity contribution in [2.75, 3.05) is 6.54 Å². The van der Waals surface area contributed by atoms with Gasteiger partial charge in [0.2, 0.25) is 4.58 Å². The monoisotopic (exact) mass is 509 g/mol. The third kappa shape index (κ3) is 4.62. The first-order chi connectivity index (χ1) is 15.8. The Morgan fingerprint density at radius 3 is 2.44 bits per heavy atom. The number of imidazole rings is 1. The molecule has 0 bridgehead atoms.